The second-order valence-corrected chi connectivity index (χ2v) is 7.48. The topological polar surface area (TPSA) is 54.0 Å². The number of carbonyl (C=O) groups excluding carboxylic acids is 1. The van der Waals surface area contributed by atoms with E-state index in [1.165, 1.54) is 4.88 Å². The van der Waals surface area contributed by atoms with Crippen molar-refractivity contribution in [1.82, 2.24) is 10.3 Å². The van der Waals surface area contributed by atoms with Gasteiger partial charge in [-0.05, 0) is 24.9 Å². The molecule has 0 spiro atoms. The second-order valence-electron chi connectivity index (χ2n) is 6.45. The van der Waals surface area contributed by atoms with Crippen LogP contribution in [-0.2, 0) is 4.79 Å². The molecule has 3 rings (SSSR count). The number of rotatable bonds is 5. The maximum absolute atomic E-state index is 12.4. The van der Waals surface area contributed by atoms with Crippen molar-refractivity contribution in [3.63, 3.8) is 0 Å². The third-order valence-electron chi connectivity index (χ3n) is 4.39. The van der Waals surface area contributed by atoms with Crippen LogP contribution in [0.5, 0.6) is 0 Å². The number of carbonyl (C=O) groups is 1. The number of nitrogens with one attached hydrogen (secondary N) is 2. The number of anilines is 1. The van der Waals surface area contributed by atoms with Gasteiger partial charge in [0.15, 0.2) is 5.13 Å². The van der Waals surface area contributed by atoms with E-state index in [1.54, 1.807) is 11.3 Å². The van der Waals surface area contributed by atoms with Crippen LogP contribution in [0.25, 0.3) is 11.3 Å². The Kier molecular flexibility index (Phi) is 4.78. The molecule has 1 aromatic heterocycles. The molecule has 0 radical (unpaired) electrons. The Bertz CT molecular complexity index is 677. The van der Waals surface area contributed by atoms with Gasteiger partial charge >= 0.3 is 0 Å². The Morgan fingerprint density at radius 2 is 1.96 bits per heavy atom. The highest BCUT2D eigenvalue weighted by atomic mass is 32.1. The van der Waals surface area contributed by atoms with Crippen molar-refractivity contribution in [2.75, 3.05) is 18.4 Å². The molecule has 2 N–H and O–H groups in total. The first-order valence-corrected chi connectivity index (χ1v) is 8.95. The van der Waals surface area contributed by atoms with Crippen molar-refractivity contribution >= 4 is 22.4 Å². The standard InChI is InChI=1S/C18H23N3OS/c1-11(2)16-15(13-7-5-4-6-8-13)20-18(23-16)21-17(22)12(3)14-9-19-10-14/h4-8,11-12,14,19H,9-10H2,1-3H3,(H,20,21,22). The molecule has 1 unspecified atom stereocenters. The van der Waals surface area contributed by atoms with Gasteiger partial charge in [-0.3, -0.25) is 4.79 Å². The Hall–Kier alpha value is -1.72. The zero-order valence-electron chi connectivity index (χ0n) is 13.8. The zero-order valence-corrected chi connectivity index (χ0v) is 14.6. The summed E-state index contributed by atoms with van der Waals surface area (Å²) in [5.74, 6) is 0.901. The molecular formula is C18H23N3OS. The highest BCUT2D eigenvalue weighted by molar-refractivity contribution is 7.16. The van der Waals surface area contributed by atoms with Crippen LogP contribution in [0, 0.1) is 11.8 Å². The summed E-state index contributed by atoms with van der Waals surface area (Å²) in [6.07, 6.45) is 0. The van der Waals surface area contributed by atoms with Crippen molar-refractivity contribution < 1.29 is 4.79 Å². The first-order chi connectivity index (χ1) is 11.1. The van der Waals surface area contributed by atoms with Crippen molar-refractivity contribution in [2.24, 2.45) is 11.8 Å². The van der Waals surface area contributed by atoms with Crippen molar-refractivity contribution in [1.29, 1.82) is 0 Å². The van der Waals surface area contributed by atoms with Gasteiger partial charge in [-0.25, -0.2) is 4.98 Å². The van der Waals surface area contributed by atoms with Gasteiger partial charge < -0.3 is 10.6 Å². The molecule has 2 aromatic rings. The van der Waals surface area contributed by atoms with E-state index in [9.17, 15) is 4.79 Å². The van der Waals surface area contributed by atoms with Crippen LogP contribution in [-0.4, -0.2) is 24.0 Å². The van der Waals surface area contributed by atoms with Gasteiger partial charge in [0.2, 0.25) is 5.91 Å². The summed E-state index contributed by atoms with van der Waals surface area (Å²) in [4.78, 5) is 18.3. The minimum atomic E-state index is 0.0165. The number of amides is 1. The highest BCUT2D eigenvalue weighted by Crippen LogP contribution is 2.36. The molecule has 1 aliphatic rings. The number of thiazole rings is 1. The van der Waals surface area contributed by atoms with Gasteiger partial charge in [-0.15, -0.1) is 11.3 Å². The molecule has 1 amide bonds. The number of hydrogen-bond acceptors (Lipinski definition) is 4. The summed E-state index contributed by atoms with van der Waals surface area (Å²) in [6.45, 7) is 8.18. The van der Waals surface area contributed by atoms with E-state index in [1.807, 2.05) is 25.1 Å². The minimum Gasteiger partial charge on any atom is -0.316 e. The third-order valence-corrected chi connectivity index (χ3v) is 5.66. The summed E-state index contributed by atoms with van der Waals surface area (Å²) >= 11 is 1.59. The third kappa shape index (κ3) is 3.46. The molecule has 0 aliphatic carbocycles. The van der Waals surface area contributed by atoms with Crippen molar-refractivity contribution in [3.8, 4) is 11.3 Å². The summed E-state index contributed by atoms with van der Waals surface area (Å²) in [5, 5.41) is 6.94. The molecule has 0 saturated carbocycles. The molecule has 2 heterocycles. The quantitative estimate of drug-likeness (QED) is 0.879. The molecule has 1 aromatic carbocycles. The normalized spacial score (nSPS) is 16.2. The number of benzene rings is 1. The van der Waals surface area contributed by atoms with Gasteiger partial charge in [0.05, 0.1) is 5.69 Å². The second kappa shape index (κ2) is 6.81. The highest BCUT2D eigenvalue weighted by Gasteiger charge is 2.29. The SMILES string of the molecule is CC(C)c1sc(NC(=O)C(C)C2CNC2)nc1-c1ccccc1. The Morgan fingerprint density at radius 1 is 1.26 bits per heavy atom. The smallest absolute Gasteiger partial charge is 0.229 e. The largest absolute Gasteiger partial charge is 0.316 e. The van der Waals surface area contributed by atoms with E-state index < -0.39 is 0 Å². The summed E-state index contributed by atoms with van der Waals surface area (Å²) in [5.41, 5.74) is 2.09. The van der Waals surface area contributed by atoms with E-state index in [-0.39, 0.29) is 11.8 Å². The summed E-state index contributed by atoms with van der Waals surface area (Å²) in [6, 6.07) is 10.2. The predicted octanol–water partition coefficient (Wildman–Crippen LogP) is 3.73. The van der Waals surface area contributed by atoms with E-state index >= 15 is 0 Å². The average Bonchev–Trinajstić information content (AvgIpc) is 2.90. The Morgan fingerprint density at radius 3 is 2.52 bits per heavy atom. The Balaban J connectivity index is 1.82. The fourth-order valence-corrected chi connectivity index (χ4v) is 3.67. The maximum atomic E-state index is 12.4. The molecule has 1 atom stereocenters. The Labute approximate surface area is 141 Å². The molecule has 23 heavy (non-hydrogen) atoms. The van der Waals surface area contributed by atoms with E-state index in [0.717, 1.165) is 24.3 Å². The zero-order chi connectivity index (χ0) is 16.4. The molecule has 0 bridgehead atoms. The van der Waals surface area contributed by atoms with E-state index in [2.05, 4.69) is 36.6 Å². The van der Waals surface area contributed by atoms with Gasteiger partial charge in [-0.1, -0.05) is 51.1 Å². The van der Waals surface area contributed by atoms with Crippen molar-refractivity contribution in [3.05, 3.63) is 35.2 Å². The number of aromatic nitrogens is 1. The molecule has 4 nitrogen and oxygen atoms in total. The van der Waals surface area contributed by atoms with Crippen LogP contribution in [0.1, 0.15) is 31.6 Å². The first kappa shape index (κ1) is 16.1. The molecular weight excluding hydrogens is 306 g/mol. The average molecular weight is 329 g/mol. The van der Waals surface area contributed by atoms with E-state index in [0.29, 0.717) is 17.0 Å². The van der Waals surface area contributed by atoms with Crippen LogP contribution in [0.3, 0.4) is 0 Å². The van der Waals surface area contributed by atoms with Gasteiger partial charge in [0, 0.05) is 16.4 Å². The summed E-state index contributed by atoms with van der Waals surface area (Å²) < 4.78 is 0. The fourth-order valence-electron chi connectivity index (χ4n) is 2.68. The predicted molar refractivity (Wildman–Crippen MR) is 95.8 cm³/mol. The first-order valence-electron chi connectivity index (χ1n) is 8.14. The molecule has 122 valence electrons. The number of nitrogens with zero attached hydrogens (tertiary/aromatic N) is 1. The lowest BCUT2D eigenvalue weighted by Crippen LogP contribution is -2.48. The van der Waals surface area contributed by atoms with Crippen molar-refractivity contribution in [2.45, 2.75) is 26.7 Å². The van der Waals surface area contributed by atoms with Crippen LogP contribution in [0.4, 0.5) is 5.13 Å². The van der Waals surface area contributed by atoms with Crippen LogP contribution in [0.15, 0.2) is 30.3 Å². The molecule has 1 fully saturated rings. The molecule has 1 aliphatic heterocycles. The van der Waals surface area contributed by atoms with Gasteiger partial charge in [0.25, 0.3) is 0 Å². The van der Waals surface area contributed by atoms with Crippen LogP contribution in [0.2, 0.25) is 0 Å². The monoisotopic (exact) mass is 329 g/mol. The van der Waals surface area contributed by atoms with E-state index in [4.69, 9.17) is 4.98 Å². The van der Waals surface area contributed by atoms with Gasteiger partial charge in [-0.2, -0.15) is 0 Å². The van der Waals surface area contributed by atoms with Gasteiger partial charge in [0.1, 0.15) is 0 Å². The maximum Gasteiger partial charge on any atom is 0.229 e. The van der Waals surface area contributed by atoms with Crippen LogP contribution >= 0.6 is 11.3 Å². The summed E-state index contributed by atoms with van der Waals surface area (Å²) in [7, 11) is 0. The lowest BCUT2D eigenvalue weighted by atomic mass is 9.88. The lowest BCUT2D eigenvalue weighted by Gasteiger charge is -2.31. The van der Waals surface area contributed by atoms with Crippen LogP contribution < -0.4 is 10.6 Å². The lowest BCUT2D eigenvalue weighted by molar-refractivity contribution is -0.121. The minimum absolute atomic E-state index is 0.0165. The molecule has 5 heteroatoms. The molecule has 1 saturated heterocycles. The fraction of sp³-hybridized carbons (Fsp3) is 0.444. The number of hydrogen-bond donors (Lipinski definition) is 2.